The molecule has 1 saturated carbocycles. The van der Waals surface area contributed by atoms with Crippen molar-refractivity contribution in [2.45, 2.75) is 50.7 Å². The maximum atomic E-state index is 12.5. The van der Waals surface area contributed by atoms with Gasteiger partial charge in [0, 0.05) is 18.7 Å². The highest BCUT2D eigenvalue weighted by Crippen LogP contribution is 2.42. The molecule has 1 amide bonds. The van der Waals surface area contributed by atoms with Crippen molar-refractivity contribution in [2.24, 2.45) is 12.5 Å². The van der Waals surface area contributed by atoms with Gasteiger partial charge in [-0.05, 0) is 12.8 Å². The van der Waals surface area contributed by atoms with Crippen LogP contribution in [0.4, 0.5) is 5.69 Å². The van der Waals surface area contributed by atoms with E-state index in [1.807, 2.05) is 14.0 Å². The first kappa shape index (κ1) is 15.2. The number of anilines is 1. The lowest BCUT2D eigenvalue weighted by Gasteiger charge is -2.36. The second-order valence-corrected chi connectivity index (χ2v) is 6.36. The molecule has 4 radical (unpaired) electrons. The van der Waals surface area contributed by atoms with E-state index in [0.717, 1.165) is 31.4 Å². The summed E-state index contributed by atoms with van der Waals surface area (Å²) in [6.07, 6.45) is 8.48. The van der Waals surface area contributed by atoms with E-state index in [9.17, 15) is 4.79 Å². The van der Waals surface area contributed by atoms with Gasteiger partial charge in [-0.15, -0.1) is 0 Å². The Balaban J connectivity index is 2.05. The minimum Gasteiger partial charge on any atom is -0.323 e. The number of nitrogens with one attached hydrogen (secondary N) is 1. The van der Waals surface area contributed by atoms with E-state index in [-0.39, 0.29) is 5.91 Å². The third kappa shape index (κ3) is 3.68. The first-order chi connectivity index (χ1) is 9.31. The fraction of sp³-hybridized carbons (Fsp3) is 0.714. The Bertz CT molecular complexity index is 487. The predicted molar refractivity (Wildman–Crippen MR) is 81.8 cm³/mol. The van der Waals surface area contributed by atoms with Gasteiger partial charge in [0.25, 0.3) is 0 Å². The minimum absolute atomic E-state index is 0.0307. The van der Waals surface area contributed by atoms with Crippen LogP contribution >= 0.6 is 0 Å². The summed E-state index contributed by atoms with van der Waals surface area (Å²) in [5, 5.41) is 6.36. The Labute approximate surface area is 123 Å². The Morgan fingerprint density at radius 3 is 2.65 bits per heavy atom. The predicted octanol–water partition coefficient (Wildman–Crippen LogP) is 2.17. The molecule has 1 aromatic heterocycles. The molecule has 1 aliphatic carbocycles. The van der Waals surface area contributed by atoms with Crippen LogP contribution < -0.4 is 5.32 Å². The SMILES string of the molecule is [B]C1([B])CCCCC(C)(C(=O)Nc2cnn(C)c2)CC1. The molecule has 0 bridgehead atoms. The Hall–Kier alpha value is -1.19. The van der Waals surface area contributed by atoms with Crippen LogP contribution in [0.3, 0.4) is 0 Å². The molecule has 4 nitrogen and oxygen atoms in total. The number of hydrogen-bond donors (Lipinski definition) is 1. The zero-order valence-corrected chi connectivity index (χ0v) is 12.4. The second-order valence-electron chi connectivity index (χ2n) is 6.36. The van der Waals surface area contributed by atoms with Crippen LogP contribution in [0.25, 0.3) is 0 Å². The molecule has 2 rings (SSSR count). The molecular formula is C14H21B2N3O. The van der Waals surface area contributed by atoms with E-state index >= 15 is 0 Å². The minimum atomic E-state index is -0.643. The second kappa shape index (κ2) is 5.66. The molecule has 104 valence electrons. The fourth-order valence-corrected chi connectivity index (χ4v) is 2.72. The normalized spacial score (nSPS) is 26.5. The third-order valence-corrected chi connectivity index (χ3v) is 4.27. The summed E-state index contributed by atoms with van der Waals surface area (Å²) in [6, 6.07) is 0. The van der Waals surface area contributed by atoms with Crippen molar-refractivity contribution in [3.63, 3.8) is 0 Å². The number of hydrogen-bond acceptors (Lipinski definition) is 2. The number of aromatic nitrogens is 2. The Morgan fingerprint density at radius 1 is 1.30 bits per heavy atom. The van der Waals surface area contributed by atoms with Crippen molar-refractivity contribution >= 4 is 27.3 Å². The van der Waals surface area contributed by atoms with Crippen LogP contribution in [0.2, 0.25) is 5.21 Å². The van der Waals surface area contributed by atoms with Crippen LogP contribution in [0.1, 0.15) is 45.4 Å². The summed E-state index contributed by atoms with van der Waals surface area (Å²) in [7, 11) is 13.9. The largest absolute Gasteiger partial charge is 0.323 e. The highest BCUT2D eigenvalue weighted by atomic mass is 16.2. The standard InChI is InChI=1S/C14H21B2N3O/c1-13(5-3-4-6-14(15,16)8-7-13)12(20)18-11-9-17-19(2)10-11/h9-10H,3-8H2,1-2H3,(H,18,20). The number of aryl methyl sites for hydroxylation is 1. The highest BCUT2D eigenvalue weighted by Gasteiger charge is 2.36. The average Bonchev–Trinajstić information content (AvgIpc) is 2.76. The molecule has 20 heavy (non-hydrogen) atoms. The quantitative estimate of drug-likeness (QED) is 0.836. The van der Waals surface area contributed by atoms with Crippen LogP contribution in [0.15, 0.2) is 12.4 Å². The van der Waals surface area contributed by atoms with Crippen LogP contribution in [-0.2, 0) is 11.8 Å². The van der Waals surface area contributed by atoms with Crippen molar-refractivity contribution in [3.8, 4) is 0 Å². The van der Waals surface area contributed by atoms with E-state index < -0.39 is 10.6 Å². The smallest absolute Gasteiger partial charge is 0.230 e. The molecule has 1 atom stereocenters. The summed E-state index contributed by atoms with van der Waals surface area (Å²) in [5.74, 6) is 0.0307. The third-order valence-electron chi connectivity index (χ3n) is 4.27. The zero-order valence-electron chi connectivity index (χ0n) is 12.4. The van der Waals surface area contributed by atoms with E-state index in [1.54, 1.807) is 17.1 Å². The summed E-state index contributed by atoms with van der Waals surface area (Å²) >= 11 is 0. The van der Waals surface area contributed by atoms with Crippen molar-refractivity contribution in [3.05, 3.63) is 12.4 Å². The van der Waals surface area contributed by atoms with Crippen LogP contribution in [0, 0.1) is 5.41 Å². The van der Waals surface area contributed by atoms with Gasteiger partial charge in [0.15, 0.2) is 0 Å². The van der Waals surface area contributed by atoms with Gasteiger partial charge in [-0.25, -0.2) is 0 Å². The van der Waals surface area contributed by atoms with Gasteiger partial charge >= 0.3 is 0 Å². The van der Waals surface area contributed by atoms with Gasteiger partial charge in [-0.3, -0.25) is 9.48 Å². The molecule has 0 aromatic carbocycles. The maximum absolute atomic E-state index is 12.5. The van der Waals surface area contributed by atoms with Gasteiger partial charge in [-0.2, -0.15) is 5.10 Å². The first-order valence-corrected chi connectivity index (χ1v) is 7.19. The van der Waals surface area contributed by atoms with Crippen LogP contribution in [-0.4, -0.2) is 31.4 Å². The highest BCUT2D eigenvalue weighted by molar-refractivity contribution is 6.39. The lowest BCUT2D eigenvalue weighted by molar-refractivity contribution is -0.125. The summed E-state index contributed by atoms with van der Waals surface area (Å²) < 4.78 is 1.67. The summed E-state index contributed by atoms with van der Waals surface area (Å²) in [4.78, 5) is 12.5. The molecule has 0 aliphatic heterocycles. The monoisotopic (exact) mass is 269 g/mol. The van der Waals surface area contributed by atoms with Crippen LogP contribution in [0.5, 0.6) is 0 Å². The van der Waals surface area contributed by atoms with Gasteiger partial charge < -0.3 is 5.32 Å². The summed E-state index contributed by atoms with van der Waals surface area (Å²) in [5.41, 5.74) is 0.313. The van der Waals surface area contributed by atoms with Crippen molar-refractivity contribution < 1.29 is 4.79 Å². The van der Waals surface area contributed by atoms with Crippen molar-refractivity contribution in [2.75, 3.05) is 5.32 Å². The lowest BCUT2D eigenvalue weighted by atomic mass is 9.48. The molecular weight excluding hydrogens is 248 g/mol. The van der Waals surface area contributed by atoms with Gasteiger partial charge in [0.1, 0.15) is 0 Å². The van der Waals surface area contributed by atoms with Gasteiger partial charge in [0.2, 0.25) is 5.91 Å². The molecule has 1 aliphatic rings. The molecule has 6 heteroatoms. The molecule has 1 fully saturated rings. The van der Waals surface area contributed by atoms with Gasteiger partial charge in [-0.1, -0.05) is 37.8 Å². The average molecular weight is 269 g/mol. The molecule has 1 aromatic rings. The number of amides is 1. The van der Waals surface area contributed by atoms with E-state index in [4.69, 9.17) is 15.7 Å². The number of nitrogens with zero attached hydrogens (tertiary/aromatic N) is 2. The topological polar surface area (TPSA) is 46.9 Å². The fourth-order valence-electron chi connectivity index (χ4n) is 2.72. The van der Waals surface area contributed by atoms with E-state index in [0.29, 0.717) is 12.8 Å². The number of carbonyl (C=O) groups excluding carboxylic acids is 1. The van der Waals surface area contributed by atoms with Crippen molar-refractivity contribution in [1.82, 2.24) is 9.78 Å². The Morgan fingerprint density at radius 2 is 2.00 bits per heavy atom. The van der Waals surface area contributed by atoms with Gasteiger partial charge in [0.05, 0.1) is 27.6 Å². The molecule has 0 saturated heterocycles. The summed E-state index contributed by atoms with van der Waals surface area (Å²) in [6.45, 7) is 2.00. The maximum Gasteiger partial charge on any atom is 0.230 e. The molecule has 1 heterocycles. The molecule has 1 unspecified atom stereocenters. The molecule has 1 N–H and O–H groups in total. The van der Waals surface area contributed by atoms with E-state index in [1.165, 1.54) is 0 Å². The number of carbonyl (C=O) groups is 1. The van der Waals surface area contributed by atoms with E-state index in [2.05, 4.69) is 10.4 Å². The first-order valence-electron chi connectivity index (χ1n) is 7.19. The van der Waals surface area contributed by atoms with Crippen molar-refractivity contribution in [1.29, 1.82) is 0 Å². The zero-order chi connectivity index (χ0) is 14.8. The lowest BCUT2D eigenvalue weighted by Crippen LogP contribution is -2.35. The molecule has 0 spiro atoms. The number of rotatable bonds is 2. The Kier molecular flexibility index (Phi) is 4.31.